The third-order valence-electron chi connectivity index (χ3n) is 33.6. The van der Waals surface area contributed by atoms with Crippen molar-refractivity contribution in [2.24, 2.45) is 98.4 Å². The largest absolute Gasteiger partial charge is 0.513 e. The molecule has 21 heteroatoms. The summed E-state index contributed by atoms with van der Waals surface area (Å²) >= 11 is 0. The van der Waals surface area contributed by atoms with E-state index >= 15 is 0 Å². The first-order valence-electron chi connectivity index (χ1n) is 49.1. The molecule has 7 aromatic carbocycles. The number of carbonyl (C=O) groups excluding carboxylic acids is 4. The minimum absolute atomic E-state index is 0.0259. The van der Waals surface area contributed by atoms with Gasteiger partial charge < -0.3 is 71.2 Å². The number of aliphatic hydroxyl groups is 3. The number of furan rings is 1. The van der Waals surface area contributed by atoms with Gasteiger partial charge in [-0.1, -0.05) is 161 Å². The number of ketones is 1. The van der Waals surface area contributed by atoms with Gasteiger partial charge in [0.05, 0.1) is 55.0 Å². The topological polar surface area (TPSA) is 314 Å². The molecule has 3 aliphatic heterocycles. The highest BCUT2D eigenvalue weighted by Gasteiger charge is 2.66. The molecule has 1 aromatic heterocycles. The average Bonchev–Trinajstić information content (AvgIpc) is 1.45. The van der Waals surface area contributed by atoms with Crippen LogP contribution in [-0.2, 0) is 30.2 Å². The van der Waals surface area contributed by atoms with Crippen molar-refractivity contribution in [3.05, 3.63) is 209 Å². The van der Waals surface area contributed by atoms with Gasteiger partial charge >= 0.3 is 12.0 Å². The number of rotatable bonds is 15. The van der Waals surface area contributed by atoms with Gasteiger partial charge in [-0.15, -0.1) is 0 Å². The Labute approximate surface area is 782 Å². The van der Waals surface area contributed by atoms with Crippen LogP contribution in [-0.4, -0.2) is 177 Å². The number of hydrazone groups is 1. The molecular weight excluding hydrogens is 1650 g/mol. The molecule has 20 rings (SSSR count). The Bertz CT molecular complexity index is 5370. The molecular formula is C111H146N8O13. The van der Waals surface area contributed by atoms with Crippen molar-refractivity contribution in [1.82, 2.24) is 19.7 Å². The number of nitrogens with zero attached hydrogens (tertiary/aromatic N) is 5. The average molecular weight is 1800 g/mol. The zero-order valence-electron chi connectivity index (χ0n) is 79.9. The van der Waals surface area contributed by atoms with E-state index in [-0.39, 0.29) is 95.5 Å². The molecule has 3 amide bonds. The number of aryl methyl sites for hydroxylation is 3. The minimum Gasteiger partial charge on any atom is -0.513 e. The summed E-state index contributed by atoms with van der Waals surface area (Å²) in [6, 6.07) is 51.7. The first-order chi connectivity index (χ1) is 63.2. The molecule has 3 unspecified atom stereocenters. The molecule has 708 valence electrons. The number of urea groups is 1. The Morgan fingerprint density at radius 2 is 1.23 bits per heavy atom. The number of hydrogen-bond acceptors (Lipinski definition) is 19. The Morgan fingerprint density at radius 1 is 0.614 bits per heavy atom. The van der Waals surface area contributed by atoms with Gasteiger partial charge in [0.2, 0.25) is 0 Å². The second-order valence-electron chi connectivity index (χ2n) is 41.7. The van der Waals surface area contributed by atoms with Gasteiger partial charge in [-0.25, -0.2) is 9.80 Å². The van der Waals surface area contributed by atoms with Crippen LogP contribution < -0.4 is 17.2 Å². The molecule has 21 nitrogen and oxygen atoms in total. The van der Waals surface area contributed by atoms with Crippen LogP contribution in [0.25, 0.3) is 44.3 Å². The lowest BCUT2D eigenvalue weighted by atomic mass is 9.44. The fourth-order valence-corrected chi connectivity index (χ4v) is 26.5. The maximum atomic E-state index is 12.6. The van der Waals surface area contributed by atoms with Gasteiger partial charge in [0, 0.05) is 73.5 Å². The number of methoxy groups -OCH3 is 1. The second-order valence-corrected chi connectivity index (χ2v) is 41.7. The number of Topliss-reactive ketones (excluding diaryl/α,β-unsaturated/α-hetero) is 1. The lowest BCUT2D eigenvalue weighted by Gasteiger charge is -2.63. The number of fused-ring (bicyclic) bond motifs is 13. The lowest BCUT2D eigenvalue weighted by Crippen LogP contribution is -2.64. The van der Waals surface area contributed by atoms with Crippen LogP contribution in [0.4, 0.5) is 10.5 Å². The predicted molar refractivity (Wildman–Crippen MR) is 523 cm³/mol. The zero-order chi connectivity index (χ0) is 93.8. The molecule has 0 radical (unpaired) electrons. The predicted octanol–water partition coefficient (Wildman–Crippen LogP) is 20.2. The standard InChI is InChI=1S/C27H45NO5.C24H31N5O3.C21H35NO2.C17H12.C14H14O.C8H9NO2/c1-15-13-21-20(27(28)12-10-19(24(15)27)25(30)31-4)6-5-17-14-18(9-11-26(17,21)3)33-23-8-7-22(29)16(2)32-23;1-19-5-7-20(8-6-19)22-10-9-21(32-22)17-25-29-18-23(30)28(24(29)31)12-4-3-11-27-15-13-26(2)14-16-27;1-12-10-18-17(21(22)9-7-16(13(2)23)19(12)21)5-4-14-11-15(24)6-8-20(14,18)3;1-11-9-10-16-14-6-3-2-5-13(14)15-8-4-7-12(11)17(15)16;1-11-9-13(7-8-14(11)15)10-12-5-3-2-4-6-12;1-5(10)7-3-2-6(9)4-8(7)11/h15-24,29H,5-14,28H2,1-4H3;5-10,17H,3-4,11-16,18H2,1-2H3;12,14-19,23-24H,2,4-11,22H2,1,3H3;2-10H,1H3;2-9,15H,10H2,1H3;2-4,11H,9H2,1H3/b;25-17+;;;;/t15-,16-,17-,18+,19-,20-,21+,22-,23?,24?,26+,27+;;12-,14-,15+,16+,17-,18+,19?,20+,21+;;;/m1.1.../s1. The highest BCUT2D eigenvalue weighted by Crippen LogP contribution is 2.68. The highest BCUT2D eigenvalue weighted by molar-refractivity contribution is 6.16. The van der Waals surface area contributed by atoms with Crippen molar-refractivity contribution in [2.75, 3.05) is 65.7 Å². The van der Waals surface area contributed by atoms with Crippen molar-refractivity contribution < 1.29 is 63.3 Å². The number of nitrogens with two attached hydrogens (primary N) is 3. The number of carbonyl (C=O) groups is 4. The number of ether oxygens (including phenoxy) is 3. The number of nitrogen functional groups attached to an aromatic ring is 1. The van der Waals surface area contributed by atoms with Gasteiger partial charge in [-0.2, -0.15) is 5.10 Å². The summed E-state index contributed by atoms with van der Waals surface area (Å²) in [6.07, 6.45) is 22.8. The van der Waals surface area contributed by atoms with E-state index in [0.29, 0.717) is 99.2 Å². The summed E-state index contributed by atoms with van der Waals surface area (Å²) in [5, 5.41) is 57.0. The fraction of sp³-hybridized carbons (Fsp3) is 0.541. The molecule has 8 saturated carbocycles. The number of esters is 1. The Balaban J connectivity index is 0.000000125. The molecule has 11 N–H and O–H groups in total. The van der Waals surface area contributed by atoms with Gasteiger partial charge in [0.25, 0.3) is 5.91 Å². The van der Waals surface area contributed by atoms with Crippen molar-refractivity contribution in [3.8, 4) is 45.1 Å². The monoisotopic (exact) mass is 1800 g/mol. The number of amides is 3. The maximum absolute atomic E-state index is 12.6. The first kappa shape index (κ1) is 97.0. The zero-order valence-corrected chi connectivity index (χ0v) is 79.9. The third kappa shape index (κ3) is 20.7. The van der Waals surface area contributed by atoms with E-state index in [4.69, 9.17) is 40.9 Å². The fourth-order valence-electron chi connectivity index (χ4n) is 26.5. The number of allylic oxidation sites excluding steroid dienone is 1. The molecule has 8 aromatic rings. The van der Waals surface area contributed by atoms with Gasteiger partial charge in [-0.05, 0) is 332 Å². The SMILES string of the molecule is C=C(O)[C@@H]1CC[C@@]2(N)C1[C@H](C)C[C@H]1[C@H]2CC[C@@H]2C[C@@H](O)CC[C@@]21C.CC(=O)c1ccc(N)cc1O.COC(=O)[C@@H]1CC[C@@]2(N)C1[C@H](C)C[C@H]1[C@H]2CC[C@@H]2C[C@@H](OC3CC[C@@H](O)[C@@H](C)O3)CC[C@@]21C.Cc1cc(Cc2ccccc2)ccc1O.Cc1ccc(-c2ccc(/C=N/N3CC(=O)N(CCCCN4CCN(C)CC4)C3=O)o2)cc1.Cc1ccc2c3c(cccc13)-c1ccccc1-2. The molecule has 11 fully saturated rings. The van der Waals surface area contributed by atoms with Crippen LogP contribution in [0, 0.1) is 103 Å². The molecule has 3 saturated heterocycles. The molecule has 21 atom stereocenters. The number of aliphatic hydroxyl groups excluding tert-OH is 3. The number of likely N-dealkylation sites (N-methyl/N-ethyl adjacent to an activating group) is 1. The number of aromatic hydroxyl groups is 2. The summed E-state index contributed by atoms with van der Waals surface area (Å²) < 4.78 is 23.4. The quantitative estimate of drug-likeness (QED) is 0.00691. The van der Waals surface area contributed by atoms with E-state index in [1.807, 2.05) is 81.4 Å². The molecule has 0 bridgehead atoms. The number of phenolic OH excluding ortho intramolecular Hbond substituents is 2. The molecule has 4 heterocycles. The van der Waals surface area contributed by atoms with E-state index in [0.717, 1.165) is 140 Å². The molecule has 0 spiro atoms. The van der Waals surface area contributed by atoms with E-state index in [2.05, 4.69) is 130 Å². The summed E-state index contributed by atoms with van der Waals surface area (Å²) in [6.45, 7) is 28.8. The number of hydrogen-bond donors (Lipinski definition) is 8. The second kappa shape index (κ2) is 41.3. The molecule has 132 heavy (non-hydrogen) atoms. The van der Waals surface area contributed by atoms with Gasteiger partial charge in [-0.3, -0.25) is 19.3 Å². The number of imide groups is 1. The van der Waals surface area contributed by atoms with Crippen molar-refractivity contribution >= 4 is 46.4 Å². The number of unbranched alkanes of at least 4 members (excludes halogenated alkanes) is 1. The van der Waals surface area contributed by atoms with Gasteiger partial charge in [0.1, 0.15) is 29.6 Å². The first-order valence-corrected chi connectivity index (χ1v) is 49.1. The normalized spacial score (nSPS) is 31.8. The van der Waals surface area contributed by atoms with E-state index in [1.165, 1.54) is 143 Å². The summed E-state index contributed by atoms with van der Waals surface area (Å²) in [5.41, 5.74) is 33.3. The number of piperazine rings is 1. The van der Waals surface area contributed by atoms with Crippen LogP contribution in [0.2, 0.25) is 0 Å². The van der Waals surface area contributed by atoms with Crippen molar-refractivity contribution in [2.45, 2.75) is 239 Å². The number of anilines is 1. The Hall–Kier alpha value is -9.55. The maximum Gasteiger partial charge on any atom is 0.347 e. The van der Waals surface area contributed by atoms with Crippen LogP contribution in [0.5, 0.6) is 11.5 Å². The molecule has 9 aliphatic carbocycles. The molecule has 12 aliphatic rings. The Kier molecular flexibility index (Phi) is 30.4. The van der Waals surface area contributed by atoms with Crippen molar-refractivity contribution in [3.63, 3.8) is 0 Å². The van der Waals surface area contributed by atoms with E-state index in [1.54, 1.807) is 18.2 Å². The number of phenols is 2. The van der Waals surface area contributed by atoms with Gasteiger partial charge in [0.15, 0.2) is 12.1 Å². The van der Waals surface area contributed by atoms with Crippen LogP contribution >= 0.6 is 0 Å². The summed E-state index contributed by atoms with van der Waals surface area (Å²) in [7, 11) is 3.66. The summed E-state index contributed by atoms with van der Waals surface area (Å²) in [5.74, 6) is 7.08. The van der Waals surface area contributed by atoms with Crippen LogP contribution in [0.3, 0.4) is 0 Å². The van der Waals surface area contributed by atoms with E-state index in [9.17, 15) is 39.6 Å². The van der Waals surface area contributed by atoms with Crippen molar-refractivity contribution in [1.29, 1.82) is 0 Å². The van der Waals surface area contributed by atoms with Crippen LogP contribution in [0.1, 0.15) is 214 Å². The van der Waals surface area contributed by atoms with E-state index < -0.39 is 0 Å². The lowest BCUT2D eigenvalue weighted by molar-refractivity contribution is -0.247. The highest BCUT2D eigenvalue weighted by atomic mass is 16.7. The third-order valence-corrected chi connectivity index (χ3v) is 33.6. The Morgan fingerprint density at radius 3 is 1.87 bits per heavy atom. The smallest absolute Gasteiger partial charge is 0.347 e. The minimum atomic E-state index is -0.371. The number of benzene rings is 7. The summed E-state index contributed by atoms with van der Waals surface area (Å²) in [4.78, 5) is 54.3. The van der Waals surface area contributed by atoms with Crippen LogP contribution in [0.15, 0.2) is 180 Å².